The second-order valence-corrected chi connectivity index (χ2v) is 3.79. The van der Waals surface area contributed by atoms with Gasteiger partial charge in [-0.05, 0) is 12.8 Å². The van der Waals surface area contributed by atoms with E-state index in [0.717, 1.165) is 12.2 Å². The first-order chi connectivity index (χ1) is 7.04. The lowest BCUT2D eigenvalue weighted by Crippen LogP contribution is -2.07. The van der Waals surface area contributed by atoms with E-state index in [0.29, 0.717) is 12.5 Å². The summed E-state index contributed by atoms with van der Waals surface area (Å²) < 4.78 is 6.46. The van der Waals surface area contributed by atoms with E-state index in [2.05, 4.69) is 23.9 Å². The zero-order valence-corrected chi connectivity index (χ0v) is 9.65. The van der Waals surface area contributed by atoms with Crippen molar-refractivity contribution in [3.63, 3.8) is 0 Å². The highest BCUT2D eigenvalue weighted by Crippen LogP contribution is 2.05. The van der Waals surface area contributed by atoms with E-state index in [-0.39, 0.29) is 5.82 Å². The number of aromatic nitrogens is 3. The number of aryl methyl sites for hydroxylation is 1. The summed E-state index contributed by atoms with van der Waals surface area (Å²) in [4.78, 5) is 15.5. The third kappa shape index (κ3) is 3.04. The van der Waals surface area contributed by atoms with Crippen molar-refractivity contribution in [2.75, 3.05) is 6.61 Å². The average molecular weight is 211 g/mol. The van der Waals surface area contributed by atoms with E-state index in [9.17, 15) is 4.79 Å². The first-order valence-electron chi connectivity index (χ1n) is 5.11. The van der Waals surface area contributed by atoms with Crippen molar-refractivity contribution >= 4 is 5.97 Å². The Labute approximate surface area is 89.5 Å². The normalized spacial score (nSPS) is 10.7. The molecule has 0 spiro atoms. The van der Waals surface area contributed by atoms with Crippen molar-refractivity contribution in [3.05, 3.63) is 11.6 Å². The van der Waals surface area contributed by atoms with Gasteiger partial charge in [-0.3, -0.25) is 4.68 Å². The Morgan fingerprint density at radius 3 is 2.73 bits per heavy atom. The number of ether oxygens (including phenoxy) is 1. The van der Waals surface area contributed by atoms with Crippen LogP contribution in [-0.2, 0) is 18.2 Å². The quantitative estimate of drug-likeness (QED) is 0.702. The fourth-order valence-electron chi connectivity index (χ4n) is 1.24. The van der Waals surface area contributed by atoms with Crippen molar-refractivity contribution in [3.8, 4) is 0 Å². The number of carbonyl (C=O) groups is 1. The average Bonchev–Trinajstić information content (AvgIpc) is 2.47. The molecule has 0 aromatic carbocycles. The number of hydrogen-bond donors (Lipinski definition) is 0. The summed E-state index contributed by atoms with van der Waals surface area (Å²) in [5.41, 5.74) is 0. The van der Waals surface area contributed by atoms with E-state index in [1.807, 2.05) is 0 Å². The van der Waals surface area contributed by atoms with Gasteiger partial charge in [0.2, 0.25) is 0 Å². The Balaban J connectivity index is 2.80. The Kier molecular flexibility index (Phi) is 3.82. The molecule has 0 saturated heterocycles. The van der Waals surface area contributed by atoms with Crippen molar-refractivity contribution in [2.45, 2.75) is 27.2 Å². The third-order valence-electron chi connectivity index (χ3n) is 1.90. The van der Waals surface area contributed by atoms with Gasteiger partial charge >= 0.3 is 5.97 Å². The summed E-state index contributed by atoms with van der Waals surface area (Å²) in [6, 6.07) is 0. The monoisotopic (exact) mass is 211 g/mol. The topological polar surface area (TPSA) is 57.0 Å². The highest BCUT2D eigenvalue weighted by atomic mass is 16.5. The van der Waals surface area contributed by atoms with Crippen molar-refractivity contribution in [2.24, 2.45) is 13.0 Å². The van der Waals surface area contributed by atoms with Crippen LogP contribution in [0.4, 0.5) is 0 Å². The molecule has 0 bridgehead atoms. The molecule has 0 aliphatic carbocycles. The molecule has 0 atom stereocenters. The Bertz CT molecular complexity index is 344. The Hall–Kier alpha value is -1.39. The molecule has 0 saturated carbocycles. The number of nitrogens with zero attached hydrogens (tertiary/aromatic N) is 3. The molecule has 15 heavy (non-hydrogen) atoms. The first kappa shape index (κ1) is 11.7. The van der Waals surface area contributed by atoms with Crippen LogP contribution in [-0.4, -0.2) is 27.3 Å². The summed E-state index contributed by atoms with van der Waals surface area (Å²) in [7, 11) is 1.79. The molecule has 84 valence electrons. The molecule has 0 aliphatic rings. The molecule has 0 unspecified atom stereocenters. The molecule has 5 nitrogen and oxygen atoms in total. The van der Waals surface area contributed by atoms with Crippen LogP contribution in [0.1, 0.15) is 37.2 Å². The predicted molar refractivity (Wildman–Crippen MR) is 55.5 cm³/mol. The molecule has 0 fully saturated rings. The summed E-state index contributed by atoms with van der Waals surface area (Å²) in [5.74, 6) is 0.995. The van der Waals surface area contributed by atoms with Crippen LogP contribution in [0.2, 0.25) is 0 Å². The van der Waals surface area contributed by atoms with E-state index in [4.69, 9.17) is 4.74 Å². The third-order valence-corrected chi connectivity index (χ3v) is 1.90. The lowest BCUT2D eigenvalue weighted by atomic mass is 10.1. The van der Waals surface area contributed by atoms with Crippen LogP contribution < -0.4 is 0 Å². The minimum atomic E-state index is -0.455. The lowest BCUT2D eigenvalue weighted by Gasteiger charge is -2.01. The minimum Gasteiger partial charge on any atom is -0.460 e. The molecule has 0 aliphatic heterocycles. The molecule has 0 N–H and O–H groups in total. The van der Waals surface area contributed by atoms with E-state index >= 15 is 0 Å². The maximum atomic E-state index is 11.3. The molecular weight excluding hydrogens is 194 g/mol. The van der Waals surface area contributed by atoms with Gasteiger partial charge in [0.05, 0.1) is 6.61 Å². The van der Waals surface area contributed by atoms with Gasteiger partial charge in [0.1, 0.15) is 5.82 Å². The van der Waals surface area contributed by atoms with E-state index in [1.54, 1.807) is 18.7 Å². The second-order valence-electron chi connectivity index (χ2n) is 3.79. The first-order valence-corrected chi connectivity index (χ1v) is 5.11. The SMILES string of the molecule is CCOC(=O)c1nc(CC(C)C)n(C)n1. The molecular formula is C10H17N3O2. The van der Waals surface area contributed by atoms with Gasteiger partial charge in [0.15, 0.2) is 0 Å². The lowest BCUT2D eigenvalue weighted by molar-refractivity contribution is 0.0511. The van der Waals surface area contributed by atoms with Crippen molar-refractivity contribution in [1.29, 1.82) is 0 Å². The number of hydrogen-bond acceptors (Lipinski definition) is 4. The fourth-order valence-corrected chi connectivity index (χ4v) is 1.24. The maximum absolute atomic E-state index is 11.3. The van der Waals surface area contributed by atoms with Gasteiger partial charge in [-0.1, -0.05) is 13.8 Å². The summed E-state index contributed by atoms with van der Waals surface area (Å²) in [6.07, 6.45) is 0.808. The molecule has 5 heteroatoms. The van der Waals surface area contributed by atoms with Crippen LogP contribution >= 0.6 is 0 Å². The summed E-state index contributed by atoms with van der Waals surface area (Å²) in [5, 5.41) is 4.01. The van der Waals surface area contributed by atoms with Gasteiger partial charge in [-0.15, -0.1) is 5.10 Å². The van der Waals surface area contributed by atoms with Gasteiger partial charge in [0.25, 0.3) is 5.82 Å². The predicted octanol–water partition coefficient (Wildman–Crippen LogP) is 1.19. The smallest absolute Gasteiger partial charge is 0.378 e. The van der Waals surface area contributed by atoms with Crippen LogP contribution in [0.3, 0.4) is 0 Å². The molecule has 0 radical (unpaired) electrons. The van der Waals surface area contributed by atoms with Gasteiger partial charge in [0, 0.05) is 13.5 Å². The Morgan fingerprint density at radius 2 is 2.20 bits per heavy atom. The largest absolute Gasteiger partial charge is 0.460 e. The van der Waals surface area contributed by atoms with Gasteiger partial charge < -0.3 is 4.74 Å². The number of carbonyl (C=O) groups excluding carboxylic acids is 1. The van der Waals surface area contributed by atoms with Crippen molar-refractivity contribution in [1.82, 2.24) is 14.8 Å². The highest BCUT2D eigenvalue weighted by molar-refractivity contribution is 5.84. The fraction of sp³-hybridized carbons (Fsp3) is 0.700. The standard InChI is InChI=1S/C10H17N3O2/c1-5-15-10(14)9-11-8(6-7(2)3)13(4)12-9/h7H,5-6H2,1-4H3. The Morgan fingerprint density at radius 1 is 1.53 bits per heavy atom. The second kappa shape index (κ2) is 4.91. The van der Waals surface area contributed by atoms with Crippen molar-refractivity contribution < 1.29 is 9.53 Å². The van der Waals surface area contributed by atoms with Crippen LogP contribution in [0.25, 0.3) is 0 Å². The zero-order chi connectivity index (χ0) is 11.4. The zero-order valence-electron chi connectivity index (χ0n) is 9.65. The van der Waals surface area contributed by atoms with Crippen LogP contribution in [0, 0.1) is 5.92 Å². The van der Waals surface area contributed by atoms with Crippen LogP contribution in [0.15, 0.2) is 0 Å². The summed E-state index contributed by atoms with van der Waals surface area (Å²) >= 11 is 0. The molecule has 1 rings (SSSR count). The number of esters is 1. The highest BCUT2D eigenvalue weighted by Gasteiger charge is 2.15. The molecule has 1 heterocycles. The van der Waals surface area contributed by atoms with Crippen LogP contribution in [0.5, 0.6) is 0 Å². The molecule has 0 amide bonds. The van der Waals surface area contributed by atoms with Gasteiger partial charge in [-0.2, -0.15) is 0 Å². The van der Waals surface area contributed by atoms with E-state index < -0.39 is 5.97 Å². The molecule has 1 aromatic rings. The summed E-state index contributed by atoms with van der Waals surface area (Å²) in [6.45, 7) is 6.30. The number of rotatable bonds is 4. The molecule has 1 aromatic heterocycles. The minimum absolute atomic E-state index is 0.148. The van der Waals surface area contributed by atoms with E-state index in [1.165, 1.54) is 0 Å². The maximum Gasteiger partial charge on any atom is 0.378 e. The van der Waals surface area contributed by atoms with Gasteiger partial charge in [-0.25, -0.2) is 9.78 Å².